The number of hydrogen-bond acceptors (Lipinski definition) is 3. The van der Waals surface area contributed by atoms with Crippen molar-refractivity contribution in [2.24, 2.45) is 11.8 Å². The van der Waals surface area contributed by atoms with Gasteiger partial charge in [-0.25, -0.2) is 0 Å². The van der Waals surface area contributed by atoms with Crippen LogP contribution in [0.2, 0.25) is 0 Å². The van der Waals surface area contributed by atoms with Gasteiger partial charge in [0.2, 0.25) is 11.8 Å². The maximum absolute atomic E-state index is 12.4. The fourth-order valence-electron chi connectivity index (χ4n) is 3.46. The van der Waals surface area contributed by atoms with Gasteiger partial charge in [0.25, 0.3) is 0 Å². The molecule has 1 aliphatic carbocycles. The van der Waals surface area contributed by atoms with E-state index in [4.69, 9.17) is 0 Å². The lowest BCUT2D eigenvalue weighted by atomic mass is 10.1. The molecular formula is C23H29N3O2. The Morgan fingerprint density at radius 2 is 1.57 bits per heavy atom. The summed E-state index contributed by atoms with van der Waals surface area (Å²) in [5, 5.41) is 5.89. The summed E-state index contributed by atoms with van der Waals surface area (Å²) in [6, 6.07) is 17.9. The molecule has 3 rings (SSSR count). The van der Waals surface area contributed by atoms with Gasteiger partial charge in [0, 0.05) is 31.0 Å². The van der Waals surface area contributed by atoms with Crippen molar-refractivity contribution < 1.29 is 9.59 Å². The van der Waals surface area contributed by atoms with Crippen LogP contribution in [0.3, 0.4) is 0 Å². The maximum atomic E-state index is 12.4. The Hall–Kier alpha value is -2.82. The molecule has 5 heteroatoms. The van der Waals surface area contributed by atoms with E-state index in [1.54, 1.807) is 0 Å². The van der Waals surface area contributed by atoms with Gasteiger partial charge in [-0.3, -0.25) is 9.59 Å². The number of benzene rings is 2. The molecule has 0 bridgehead atoms. The summed E-state index contributed by atoms with van der Waals surface area (Å²) in [6.07, 6.45) is 1.43. The van der Waals surface area contributed by atoms with Crippen LogP contribution in [0.15, 0.2) is 54.6 Å². The predicted octanol–water partition coefficient (Wildman–Crippen LogP) is 3.47. The van der Waals surface area contributed by atoms with Crippen LogP contribution in [0, 0.1) is 11.8 Å². The minimum atomic E-state index is -0.223. The molecule has 0 spiro atoms. The smallest absolute Gasteiger partial charge is 0.228 e. The van der Waals surface area contributed by atoms with Gasteiger partial charge in [-0.1, -0.05) is 30.3 Å². The van der Waals surface area contributed by atoms with Crippen LogP contribution in [-0.2, 0) is 16.0 Å². The van der Waals surface area contributed by atoms with Gasteiger partial charge in [-0.05, 0) is 56.5 Å². The SMILES string of the molecule is CCN(CC)c1ccc(NC(=O)C2CC2C(=O)NCCc2ccccc2)cc1. The first-order valence-electron chi connectivity index (χ1n) is 10.1. The van der Waals surface area contributed by atoms with E-state index in [0.29, 0.717) is 13.0 Å². The van der Waals surface area contributed by atoms with Crippen molar-refractivity contribution in [1.29, 1.82) is 0 Å². The Morgan fingerprint density at radius 1 is 0.929 bits per heavy atom. The van der Waals surface area contributed by atoms with Gasteiger partial charge in [0.1, 0.15) is 0 Å². The van der Waals surface area contributed by atoms with E-state index in [1.165, 1.54) is 5.56 Å². The average molecular weight is 380 g/mol. The van der Waals surface area contributed by atoms with E-state index in [1.807, 2.05) is 54.6 Å². The molecule has 2 amide bonds. The first-order valence-corrected chi connectivity index (χ1v) is 10.1. The van der Waals surface area contributed by atoms with Crippen LogP contribution in [0.1, 0.15) is 25.8 Å². The molecule has 0 aliphatic heterocycles. The van der Waals surface area contributed by atoms with Crippen LogP contribution >= 0.6 is 0 Å². The molecule has 5 nitrogen and oxygen atoms in total. The van der Waals surface area contributed by atoms with E-state index >= 15 is 0 Å². The topological polar surface area (TPSA) is 61.4 Å². The molecule has 1 saturated carbocycles. The van der Waals surface area contributed by atoms with E-state index in [2.05, 4.69) is 29.4 Å². The highest BCUT2D eigenvalue weighted by Crippen LogP contribution is 2.39. The Morgan fingerprint density at radius 3 is 2.21 bits per heavy atom. The third kappa shape index (κ3) is 5.12. The van der Waals surface area contributed by atoms with Crippen LogP contribution in [0.4, 0.5) is 11.4 Å². The van der Waals surface area contributed by atoms with Crippen molar-refractivity contribution in [3.63, 3.8) is 0 Å². The lowest BCUT2D eigenvalue weighted by Gasteiger charge is -2.21. The average Bonchev–Trinajstić information content (AvgIpc) is 3.52. The molecule has 28 heavy (non-hydrogen) atoms. The number of amides is 2. The normalized spacial score (nSPS) is 17.6. The molecular weight excluding hydrogens is 350 g/mol. The number of carbonyl (C=O) groups is 2. The van der Waals surface area contributed by atoms with Crippen LogP contribution in [0.25, 0.3) is 0 Å². The lowest BCUT2D eigenvalue weighted by molar-refractivity contribution is -0.125. The number of nitrogens with zero attached hydrogens (tertiary/aromatic N) is 1. The summed E-state index contributed by atoms with van der Waals surface area (Å²) in [5.41, 5.74) is 3.11. The van der Waals surface area contributed by atoms with Gasteiger partial charge in [0.15, 0.2) is 0 Å². The Bertz CT molecular complexity index is 785. The zero-order valence-corrected chi connectivity index (χ0v) is 16.7. The van der Waals surface area contributed by atoms with Gasteiger partial charge >= 0.3 is 0 Å². The highest BCUT2D eigenvalue weighted by molar-refractivity contribution is 5.99. The highest BCUT2D eigenvalue weighted by Gasteiger charge is 2.47. The second kappa shape index (κ2) is 9.40. The first-order chi connectivity index (χ1) is 13.6. The zero-order valence-electron chi connectivity index (χ0n) is 16.7. The van der Waals surface area contributed by atoms with Crippen LogP contribution in [-0.4, -0.2) is 31.4 Å². The van der Waals surface area contributed by atoms with Crippen molar-refractivity contribution in [1.82, 2.24) is 5.32 Å². The second-order valence-corrected chi connectivity index (χ2v) is 7.18. The zero-order chi connectivity index (χ0) is 19.9. The summed E-state index contributed by atoms with van der Waals surface area (Å²) in [6.45, 7) is 6.74. The molecule has 2 aromatic carbocycles. The molecule has 0 heterocycles. The molecule has 1 aliphatic rings. The van der Waals surface area contributed by atoms with Gasteiger partial charge in [-0.2, -0.15) is 0 Å². The summed E-state index contributed by atoms with van der Waals surface area (Å²) >= 11 is 0. The monoisotopic (exact) mass is 379 g/mol. The standard InChI is InChI=1S/C23H29N3O2/c1-3-26(4-2)19-12-10-18(11-13-19)25-23(28)21-16-20(21)22(27)24-15-14-17-8-6-5-7-9-17/h5-13,20-21H,3-4,14-16H2,1-2H3,(H,24,27)(H,25,28). The van der Waals surface area contributed by atoms with Crippen molar-refractivity contribution in [2.75, 3.05) is 29.9 Å². The molecule has 0 saturated heterocycles. The van der Waals surface area contributed by atoms with E-state index < -0.39 is 0 Å². The Kier molecular flexibility index (Phi) is 6.69. The maximum Gasteiger partial charge on any atom is 0.228 e. The van der Waals surface area contributed by atoms with Gasteiger partial charge < -0.3 is 15.5 Å². The Labute approximate surface area is 167 Å². The molecule has 2 N–H and O–H groups in total. The second-order valence-electron chi connectivity index (χ2n) is 7.18. The van der Waals surface area contributed by atoms with Crippen LogP contribution < -0.4 is 15.5 Å². The minimum absolute atomic E-state index is 0.0204. The Balaban J connectivity index is 1.43. The van der Waals surface area contributed by atoms with Crippen molar-refractivity contribution in [3.05, 3.63) is 60.2 Å². The van der Waals surface area contributed by atoms with Crippen molar-refractivity contribution >= 4 is 23.2 Å². The third-order valence-corrected chi connectivity index (χ3v) is 5.28. The van der Waals surface area contributed by atoms with E-state index in [9.17, 15) is 9.59 Å². The number of carbonyl (C=O) groups excluding carboxylic acids is 2. The van der Waals surface area contributed by atoms with E-state index in [0.717, 1.165) is 30.9 Å². The molecule has 0 aromatic heterocycles. The quantitative estimate of drug-likeness (QED) is 0.701. The van der Waals surface area contributed by atoms with Gasteiger partial charge in [-0.15, -0.1) is 0 Å². The highest BCUT2D eigenvalue weighted by atomic mass is 16.2. The number of hydrogen-bond donors (Lipinski definition) is 2. The van der Waals surface area contributed by atoms with Crippen molar-refractivity contribution in [3.8, 4) is 0 Å². The van der Waals surface area contributed by atoms with Gasteiger partial charge in [0.05, 0.1) is 11.8 Å². The number of anilines is 2. The molecule has 148 valence electrons. The summed E-state index contributed by atoms with van der Waals surface area (Å²) in [5.74, 6) is -0.517. The fraction of sp³-hybridized carbons (Fsp3) is 0.391. The summed E-state index contributed by atoms with van der Waals surface area (Å²) in [4.78, 5) is 26.9. The van der Waals surface area contributed by atoms with Crippen LogP contribution in [0.5, 0.6) is 0 Å². The molecule has 2 unspecified atom stereocenters. The molecule has 1 fully saturated rings. The lowest BCUT2D eigenvalue weighted by Crippen LogP contribution is -2.29. The molecule has 2 atom stereocenters. The predicted molar refractivity (Wildman–Crippen MR) is 113 cm³/mol. The fourth-order valence-corrected chi connectivity index (χ4v) is 3.46. The molecule has 2 aromatic rings. The first kappa shape index (κ1) is 19.9. The summed E-state index contributed by atoms with van der Waals surface area (Å²) < 4.78 is 0. The third-order valence-electron chi connectivity index (χ3n) is 5.28. The number of nitrogens with one attached hydrogen (secondary N) is 2. The van der Waals surface area contributed by atoms with E-state index in [-0.39, 0.29) is 23.7 Å². The largest absolute Gasteiger partial charge is 0.372 e. The minimum Gasteiger partial charge on any atom is -0.372 e. The van der Waals surface area contributed by atoms with Crippen molar-refractivity contribution in [2.45, 2.75) is 26.7 Å². The molecule has 0 radical (unpaired) electrons. The summed E-state index contributed by atoms with van der Waals surface area (Å²) in [7, 11) is 0. The number of rotatable bonds is 9.